The average molecular weight is 270 g/mol. The summed E-state index contributed by atoms with van der Waals surface area (Å²) in [6.45, 7) is 8.74. The van der Waals surface area contributed by atoms with Crippen LogP contribution in [0.3, 0.4) is 0 Å². The van der Waals surface area contributed by atoms with E-state index in [-0.39, 0.29) is 5.97 Å². The average Bonchev–Trinajstić information content (AvgIpc) is 2.74. The largest absolute Gasteiger partial charge is 0.466 e. The molecule has 1 aromatic rings. The lowest BCUT2D eigenvalue weighted by Crippen LogP contribution is -2.21. The summed E-state index contributed by atoms with van der Waals surface area (Å²) in [6.07, 6.45) is 1.05. The van der Waals surface area contributed by atoms with Crippen molar-refractivity contribution in [3.05, 3.63) is 11.1 Å². The summed E-state index contributed by atoms with van der Waals surface area (Å²) in [7, 11) is 0. The fourth-order valence-corrected chi connectivity index (χ4v) is 2.15. The summed E-state index contributed by atoms with van der Waals surface area (Å²) in [4.78, 5) is 15.7. The first-order valence-corrected chi connectivity index (χ1v) is 7.27. The maximum atomic E-state index is 11.2. The number of nitrogens with one attached hydrogen (secondary N) is 1. The zero-order valence-electron chi connectivity index (χ0n) is 11.5. The van der Waals surface area contributed by atoms with Gasteiger partial charge in [-0.1, -0.05) is 13.8 Å². The molecule has 1 heterocycles. The lowest BCUT2D eigenvalue weighted by atomic mass is 10.1. The molecular weight excluding hydrogens is 248 g/mol. The van der Waals surface area contributed by atoms with Gasteiger partial charge in [0.15, 0.2) is 5.13 Å². The number of esters is 1. The van der Waals surface area contributed by atoms with E-state index in [2.05, 4.69) is 31.1 Å². The highest BCUT2D eigenvalue weighted by Gasteiger charge is 2.10. The summed E-state index contributed by atoms with van der Waals surface area (Å²) >= 11 is 1.59. The van der Waals surface area contributed by atoms with Crippen molar-refractivity contribution in [2.75, 3.05) is 11.9 Å². The highest BCUT2D eigenvalue weighted by Crippen LogP contribution is 2.19. The number of hydrogen-bond acceptors (Lipinski definition) is 5. The molecule has 0 aliphatic rings. The molecule has 1 unspecified atom stereocenters. The molecule has 1 N–H and O–H groups in total. The van der Waals surface area contributed by atoms with E-state index < -0.39 is 0 Å². The molecule has 0 aliphatic carbocycles. The van der Waals surface area contributed by atoms with Crippen molar-refractivity contribution in [3.63, 3.8) is 0 Å². The van der Waals surface area contributed by atoms with Gasteiger partial charge >= 0.3 is 5.97 Å². The maximum Gasteiger partial charge on any atom is 0.306 e. The number of aryl methyl sites for hydroxylation is 1. The third-order valence-corrected chi connectivity index (χ3v) is 3.62. The lowest BCUT2D eigenvalue weighted by Gasteiger charge is -2.16. The number of carbonyl (C=O) groups excluding carboxylic acids is 1. The fraction of sp³-hybridized carbons (Fsp3) is 0.692. The van der Waals surface area contributed by atoms with Gasteiger partial charge in [0, 0.05) is 17.8 Å². The van der Waals surface area contributed by atoms with E-state index in [1.165, 1.54) is 0 Å². The van der Waals surface area contributed by atoms with Crippen LogP contribution in [-0.2, 0) is 16.0 Å². The molecule has 102 valence electrons. The molecule has 0 bridgehead atoms. The Bertz CT molecular complexity index is 377. The number of thiazole rings is 1. The zero-order chi connectivity index (χ0) is 13.5. The summed E-state index contributed by atoms with van der Waals surface area (Å²) in [5.41, 5.74) is 0.950. The number of nitrogens with zero attached hydrogens (tertiary/aromatic N) is 1. The van der Waals surface area contributed by atoms with Gasteiger partial charge in [-0.15, -0.1) is 11.3 Å². The van der Waals surface area contributed by atoms with Crippen molar-refractivity contribution < 1.29 is 9.53 Å². The Morgan fingerprint density at radius 2 is 2.22 bits per heavy atom. The molecule has 0 aromatic carbocycles. The molecule has 0 spiro atoms. The molecule has 1 rings (SSSR count). The van der Waals surface area contributed by atoms with E-state index in [0.717, 1.165) is 10.8 Å². The molecule has 5 heteroatoms. The van der Waals surface area contributed by atoms with Gasteiger partial charge in [0.25, 0.3) is 0 Å². The minimum atomic E-state index is -0.157. The van der Waals surface area contributed by atoms with Crippen LogP contribution in [0.1, 0.15) is 39.8 Å². The number of rotatable bonds is 7. The Hall–Kier alpha value is -1.10. The summed E-state index contributed by atoms with van der Waals surface area (Å²) in [5.74, 6) is 0.410. The van der Waals surface area contributed by atoms with Crippen molar-refractivity contribution in [3.8, 4) is 0 Å². The van der Waals surface area contributed by atoms with Crippen LogP contribution in [0.25, 0.3) is 0 Å². The Morgan fingerprint density at radius 3 is 2.83 bits per heavy atom. The zero-order valence-corrected chi connectivity index (χ0v) is 12.3. The third-order valence-electron chi connectivity index (χ3n) is 2.79. The normalized spacial score (nSPS) is 12.5. The highest BCUT2D eigenvalue weighted by atomic mass is 32.1. The monoisotopic (exact) mass is 270 g/mol. The first-order valence-electron chi connectivity index (χ1n) is 6.39. The molecule has 0 radical (unpaired) electrons. The van der Waals surface area contributed by atoms with Crippen LogP contribution in [0, 0.1) is 5.92 Å². The summed E-state index contributed by atoms with van der Waals surface area (Å²) in [5, 5.41) is 6.29. The van der Waals surface area contributed by atoms with Gasteiger partial charge < -0.3 is 10.1 Å². The molecule has 0 saturated carbocycles. The molecule has 0 fully saturated rings. The van der Waals surface area contributed by atoms with Gasteiger partial charge in [-0.3, -0.25) is 4.79 Å². The first-order chi connectivity index (χ1) is 8.52. The number of hydrogen-bond donors (Lipinski definition) is 1. The predicted octanol–water partition coefficient (Wildman–Crippen LogP) is 3.10. The number of ether oxygens (including phenoxy) is 1. The van der Waals surface area contributed by atoms with E-state index in [9.17, 15) is 4.79 Å². The third kappa shape index (κ3) is 5.04. The Kier molecular flexibility index (Phi) is 6.12. The van der Waals surface area contributed by atoms with Crippen LogP contribution in [0.15, 0.2) is 5.38 Å². The predicted molar refractivity (Wildman–Crippen MR) is 75.0 cm³/mol. The topological polar surface area (TPSA) is 51.2 Å². The molecule has 18 heavy (non-hydrogen) atoms. The highest BCUT2D eigenvalue weighted by molar-refractivity contribution is 7.13. The van der Waals surface area contributed by atoms with Gasteiger partial charge in [0.05, 0.1) is 18.7 Å². The van der Waals surface area contributed by atoms with E-state index in [1.807, 2.05) is 12.3 Å². The van der Waals surface area contributed by atoms with Gasteiger partial charge in [-0.2, -0.15) is 0 Å². The van der Waals surface area contributed by atoms with Crippen molar-refractivity contribution in [2.45, 2.75) is 46.6 Å². The molecule has 0 aliphatic heterocycles. The fourth-order valence-electron chi connectivity index (χ4n) is 1.31. The first kappa shape index (κ1) is 15.0. The van der Waals surface area contributed by atoms with Crippen LogP contribution in [0.2, 0.25) is 0 Å². The molecule has 0 amide bonds. The van der Waals surface area contributed by atoms with Crippen LogP contribution in [0.5, 0.6) is 0 Å². The lowest BCUT2D eigenvalue weighted by molar-refractivity contribution is -0.143. The number of carbonyl (C=O) groups is 1. The van der Waals surface area contributed by atoms with Crippen molar-refractivity contribution in [1.82, 2.24) is 4.98 Å². The van der Waals surface area contributed by atoms with Crippen LogP contribution < -0.4 is 5.32 Å². The van der Waals surface area contributed by atoms with E-state index in [4.69, 9.17) is 4.74 Å². The van der Waals surface area contributed by atoms with E-state index in [0.29, 0.717) is 31.4 Å². The Labute approximate surface area is 113 Å². The second-order valence-corrected chi connectivity index (χ2v) is 5.48. The van der Waals surface area contributed by atoms with Crippen molar-refractivity contribution in [2.24, 2.45) is 5.92 Å². The molecule has 4 nitrogen and oxygen atoms in total. The van der Waals surface area contributed by atoms with Crippen LogP contribution in [-0.4, -0.2) is 23.6 Å². The molecule has 1 aromatic heterocycles. The SMILES string of the molecule is CCOC(=O)CCc1csc(NC(C)C(C)C)n1. The Balaban J connectivity index is 2.41. The second kappa shape index (κ2) is 7.36. The van der Waals surface area contributed by atoms with Crippen LogP contribution in [0.4, 0.5) is 5.13 Å². The standard InChI is InChI=1S/C13H22N2O2S/c1-5-17-12(16)7-6-11-8-18-13(15-11)14-10(4)9(2)3/h8-10H,5-7H2,1-4H3,(H,14,15). The summed E-state index contributed by atoms with van der Waals surface area (Å²) < 4.78 is 4.89. The van der Waals surface area contributed by atoms with Gasteiger partial charge in [-0.25, -0.2) is 4.98 Å². The second-order valence-electron chi connectivity index (χ2n) is 4.63. The number of aromatic nitrogens is 1. The van der Waals surface area contributed by atoms with Gasteiger partial charge in [-0.05, 0) is 19.8 Å². The van der Waals surface area contributed by atoms with Crippen LogP contribution >= 0.6 is 11.3 Å². The maximum absolute atomic E-state index is 11.2. The summed E-state index contributed by atoms with van der Waals surface area (Å²) in [6, 6.07) is 0.397. The molecule has 1 atom stereocenters. The van der Waals surface area contributed by atoms with Crippen molar-refractivity contribution >= 4 is 22.4 Å². The number of anilines is 1. The minimum absolute atomic E-state index is 0.157. The smallest absolute Gasteiger partial charge is 0.306 e. The quantitative estimate of drug-likeness (QED) is 0.774. The molecular formula is C13H22N2O2S. The van der Waals surface area contributed by atoms with E-state index in [1.54, 1.807) is 11.3 Å². The van der Waals surface area contributed by atoms with Gasteiger partial charge in [0.1, 0.15) is 0 Å². The molecule has 0 saturated heterocycles. The van der Waals surface area contributed by atoms with E-state index >= 15 is 0 Å². The van der Waals surface area contributed by atoms with Crippen molar-refractivity contribution in [1.29, 1.82) is 0 Å². The Morgan fingerprint density at radius 1 is 1.50 bits per heavy atom. The van der Waals surface area contributed by atoms with Gasteiger partial charge in [0.2, 0.25) is 0 Å². The minimum Gasteiger partial charge on any atom is -0.466 e.